The lowest BCUT2D eigenvalue weighted by Gasteiger charge is -2.34. The van der Waals surface area contributed by atoms with Crippen molar-refractivity contribution in [1.82, 2.24) is 9.62 Å². The molecule has 1 saturated heterocycles. The number of hydrogen-bond acceptors (Lipinski definition) is 4. The van der Waals surface area contributed by atoms with E-state index in [1.54, 1.807) is 34.6 Å². The van der Waals surface area contributed by atoms with Crippen LogP contribution in [0.1, 0.15) is 42.4 Å². The van der Waals surface area contributed by atoms with Gasteiger partial charge < -0.3 is 10.6 Å². The zero-order chi connectivity index (χ0) is 23.3. The molecule has 1 aliphatic heterocycles. The highest BCUT2D eigenvalue weighted by Gasteiger charge is 2.33. The van der Waals surface area contributed by atoms with Crippen molar-refractivity contribution < 1.29 is 18.0 Å². The summed E-state index contributed by atoms with van der Waals surface area (Å²) in [6.45, 7) is 6.51. The number of benzene rings is 2. The van der Waals surface area contributed by atoms with E-state index in [0.717, 1.165) is 36.0 Å². The Labute approximate surface area is 190 Å². The van der Waals surface area contributed by atoms with Gasteiger partial charge in [-0.1, -0.05) is 30.2 Å². The molecule has 172 valence electrons. The molecule has 0 aliphatic carbocycles. The Morgan fingerprint density at radius 1 is 0.969 bits per heavy atom. The molecule has 0 saturated carbocycles. The van der Waals surface area contributed by atoms with Crippen LogP contribution >= 0.6 is 0 Å². The molecule has 0 aromatic heterocycles. The fourth-order valence-corrected chi connectivity index (χ4v) is 5.59. The topological polar surface area (TPSA) is 95.6 Å². The van der Waals surface area contributed by atoms with Crippen molar-refractivity contribution in [3.05, 3.63) is 59.2 Å². The number of anilines is 1. The maximum absolute atomic E-state index is 13.1. The molecule has 3 rings (SSSR count). The van der Waals surface area contributed by atoms with Gasteiger partial charge in [-0.25, -0.2) is 8.42 Å². The first kappa shape index (κ1) is 23.9. The molecule has 7 nitrogen and oxygen atoms in total. The second-order valence-electron chi connectivity index (χ2n) is 8.38. The van der Waals surface area contributed by atoms with Crippen molar-refractivity contribution in [2.45, 2.75) is 57.4 Å². The first-order valence-electron chi connectivity index (χ1n) is 10.9. The number of carbonyl (C=O) groups excluding carboxylic acids is 2. The summed E-state index contributed by atoms with van der Waals surface area (Å²) in [5, 5.41) is 5.22. The molecule has 8 heteroatoms. The molecule has 1 fully saturated rings. The van der Waals surface area contributed by atoms with Gasteiger partial charge in [-0.05, 0) is 75.4 Å². The van der Waals surface area contributed by atoms with Crippen molar-refractivity contribution in [2.75, 3.05) is 18.4 Å². The molecule has 1 atom stereocenters. The minimum atomic E-state index is -3.60. The van der Waals surface area contributed by atoms with Gasteiger partial charge in [-0.2, -0.15) is 4.31 Å². The van der Waals surface area contributed by atoms with Crippen molar-refractivity contribution in [1.29, 1.82) is 0 Å². The van der Waals surface area contributed by atoms with Crippen molar-refractivity contribution in [3.8, 4) is 0 Å². The number of sulfonamides is 1. The van der Waals surface area contributed by atoms with E-state index in [0.29, 0.717) is 18.7 Å². The summed E-state index contributed by atoms with van der Waals surface area (Å²) in [5.41, 5.74) is 3.69. The van der Waals surface area contributed by atoms with Gasteiger partial charge >= 0.3 is 11.8 Å². The number of piperidine rings is 1. The predicted molar refractivity (Wildman–Crippen MR) is 125 cm³/mol. The zero-order valence-electron chi connectivity index (χ0n) is 18.8. The second kappa shape index (κ2) is 10.3. The molecule has 2 amide bonds. The zero-order valence-corrected chi connectivity index (χ0v) is 19.7. The van der Waals surface area contributed by atoms with Crippen LogP contribution < -0.4 is 10.6 Å². The summed E-state index contributed by atoms with van der Waals surface area (Å²) in [5.74, 6) is -1.46. The molecule has 32 heavy (non-hydrogen) atoms. The lowest BCUT2D eigenvalue weighted by atomic mass is 10.0. The van der Waals surface area contributed by atoms with Crippen LogP contribution in [0, 0.1) is 20.8 Å². The number of carbonyl (C=O) groups is 2. The Bertz CT molecular complexity index is 1080. The van der Waals surface area contributed by atoms with Crippen LogP contribution in [0.15, 0.2) is 47.4 Å². The number of nitrogens with one attached hydrogen (secondary N) is 2. The molecule has 0 bridgehead atoms. The molecule has 1 heterocycles. The summed E-state index contributed by atoms with van der Waals surface area (Å²) in [6, 6.07) is 12.1. The average molecular weight is 458 g/mol. The standard InChI is InChI=1S/C24H31N3O4S/c1-17-7-11-22(12-8-17)32(30,31)27-15-5-4-6-21(27)13-14-25-23(28)24(29)26-20-10-9-18(2)19(3)16-20/h7-12,16,21H,4-6,13-15H2,1-3H3,(H,25,28)(H,26,29)/t21-/m0/s1. The van der Waals surface area contributed by atoms with E-state index in [4.69, 9.17) is 0 Å². The molecule has 0 radical (unpaired) electrons. The Hall–Kier alpha value is -2.71. The molecule has 2 aromatic rings. The maximum atomic E-state index is 13.1. The third kappa shape index (κ3) is 5.75. The van der Waals surface area contributed by atoms with Crippen molar-refractivity contribution in [2.24, 2.45) is 0 Å². The fourth-order valence-electron chi connectivity index (χ4n) is 3.86. The summed E-state index contributed by atoms with van der Waals surface area (Å²) >= 11 is 0. The van der Waals surface area contributed by atoms with E-state index in [-0.39, 0.29) is 17.5 Å². The van der Waals surface area contributed by atoms with E-state index in [2.05, 4.69) is 10.6 Å². The van der Waals surface area contributed by atoms with Crippen molar-refractivity contribution in [3.63, 3.8) is 0 Å². The van der Waals surface area contributed by atoms with Gasteiger partial charge in [0, 0.05) is 24.8 Å². The molecule has 2 aromatic carbocycles. The van der Waals surface area contributed by atoms with Gasteiger partial charge in [0.05, 0.1) is 4.90 Å². The van der Waals surface area contributed by atoms with Gasteiger partial charge in [-0.15, -0.1) is 0 Å². The molecule has 0 unspecified atom stereocenters. The Balaban J connectivity index is 1.57. The van der Waals surface area contributed by atoms with Crippen LogP contribution in [0.3, 0.4) is 0 Å². The van der Waals surface area contributed by atoms with Gasteiger partial charge in [0.25, 0.3) is 0 Å². The largest absolute Gasteiger partial charge is 0.348 e. The van der Waals surface area contributed by atoms with Gasteiger partial charge in [0.15, 0.2) is 0 Å². The van der Waals surface area contributed by atoms with Crippen molar-refractivity contribution >= 4 is 27.5 Å². The van der Waals surface area contributed by atoms with E-state index in [9.17, 15) is 18.0 Å². The molecular formula is C24H31N3O4S. The number of hydrogen-bond donors (Lipinski definition) is 2. The Morgan fingerprint density at radius 3 is 2.38 bits per heavy atom. The van der Waals surface area contributed by atoms with Crippen LogP contribution in [-0.2, 0) is 19.6 Å². The summed E-state index contributed by atoms with van der Waals surface area (Å²) in [4.78, 5) is 24.7. The molecule has 2 N–H and O–H groups in total. The van der Waals surface area contributed by atoms with E-state index >= 15 is 0 Å². The smallest absolute Gasteiger partial charge is 0.313 e. The number of rotatable bonds is 6. The van der Waals surface area contributed by atoms with Crippen LogP contribution in [0.25, 0.3) is 0 Å². The number of amides is 2. The summed E-state index contributed by atoms with van der Waals surface area (Å²) in [7, 11) is -3.60. The minimum absolute atomic E-state index is 0.210. The van der Waals surface area contributed by atoms with Crippen LogP contribution in [-0.4, -0.2) is 43.7 Å². The lowest BCUT2D eigenvalue weighted by molar-refractivity contribution is -0.136. The SMILES string of the molecule is Cc1ccc(S(=O)(=O)N2CCCC[C@H]2CCNC(=O)C(=O)Nc2ccc(C)c(C)c2)cc1. The highest BCUT2D eigenvalue weighted by Crippen LogP contribution is 2.27. The van der Waals surface area contributed by atoms with Crippen LogP contribution in [0.5, 0.6) is 0 Å². The Kier molecular flexibility index (Phi) is 7.69. The normalized spacial score (nSPS) is 17.0. The lowest BCUT2D eigenvalue weighted by Crippen LogP contribution is -2.45. The third-order valence-corrected chi connectivity index (χ3v) is 7.90. The van der Waals surface area contributed by atoms with E-state index in [1.165, 1.54) is 0 Å². The summed E-state index contributed by atoms with van der Waals surface area (Å²) < 4.78 is 27.8. The quantitative estimate of drug-likeness (QED) is 0.651. The van der Waals surface area contributed by atoms with E-state index in [1.807, 2.05) is 32.9 Å². The maximum Gasteiger partial charge on any atom is 0.313 e. The molecular weight excluding hydrogens is 426 g/mol. The highest BCUT2D eigenvalue weighted by atomic mass is 32.2. The van der Waals surface area contributed by atoms with Gasteiger partial charge in [-0.3, -0.25) is 9.59 Å². The Morgan fingerprint density at radius 2 is 1.69 bits per heavy atom. The second-order valence-corrected chi connectivity index (χ2v) is 10.3. The van der Waals surface area contributed by atoms with Crippen LogP contribution in [0.2, 0.25) is 0 Å². The number of aryl methyl sites for hydroxylation is 3. The fraction of sp³-hybridized carbons (Fsp3) is 0.417. The first-order valence-corrected chi connectivity index (χ1v) is 12.4. The summed E-state index contributed by atoms with van der Waals surface area (Å²) in [6.07, 6.45) is 2.93. The number of nitrogens with zero attached hydrogens (tertiary/aromatic N) is 1. The minimum Gasteiger partial charge on any atom is -0.348 e. The molecule has 1 aliphatic rings. The average Bonchev–Trinajstić information content (AvgIpc) is 2.76. The van der Waals surface area contributed by atoms with Gasteiger partial charge in [0.1, 0.15) is 0 Å². The highest BCUT2D eigenvalue weighted by molar-refractivity contribution is 7.89. The molecule has 0 spiro atoms. The predicted octanol–water partition coefficient (Wildman–Crippen LogP) is 3.30. The van der Waals surface area contributed by atoms with Gasteiger partial charge in [0.2, 0.25) is 10.0 Å². The van der Waals surface area contributed by atoms with E-state index < -0.39 is 21.8 Å². The first-order chi connectivity index (χ1) is 15.2. The monoisotopic (exact) mass is 457 g/mol. The van der Waals surface area contributed by atoms with Crippen LogP contribution in [0.4, 0.5) is 5.69 Å². The third-order valence-electron chi connectivity index (χ3n) is 5.93.